The van der Waals surface area contributed by atoms with E-state index in [1.165, 1.54) is 15.9 Å². The summed E-state index contributed by atoms with van der Waals surface area (Å²) in [4.78, 5) is 0. The van der Waals surface area contributed by atoms with E-state index in [0.29, 0.717) is 5.54 Å². The number of rotatable bonds is 4. The molecule has 2 aromatic rings. The third-order valence-corrected chi connectivity index (χ3v) is 9.23. The van der Waals surface area contributed by atoms with Crippen molar-refractivity contribution in [3.63, 3.8) is 0 Å². The van der Waals surface area contributed by atoms with E-state index in [9.17, 15) is 0 Å². The van der Waals surface area contributed by atoms with Crippen molar-refractivity contribution < 1.29 is 4.43 Å². The van der Waals surface area contributed by atoms with Gasteiger partial charge in [0.1, 0.15) is 0 Å². The van der Waals surface area contributed by atoms with E-state index in [2.05, 4.69) is 99.7 Å². The highest BCUT2D eigenvalue weighted by Crippen LogP contribution is 2.38. The average Bonchev–Trinajstić information content (AvgIpc) is 3.09. The Morgan fingerprint density at radius 1 is 0.833 bits per heavy atom. The summed E-state index contributed by atoms with van der Waals surface area (Å²) in [5, 5.41) is 2.64. The Morgan fingerprint density at radius 2 is 1.33 bits per heavy atom. The van der Waals surface area contributed by atoms with Crippen molar-refractivity contribution in [3.05, 3.63) is 84.5 Å². The maximum atomic E-state index is 6.40. The summed E-state index contributed by atoms with van der Waals surface area (Å²) in [5.41, 5.74) is 1.86. The summed E-state index contributed by atoms with van der Waals surface area (Å²) < 4.78 is 6.40. The fraction of sp³-hybridized carbons (Fsp3) is 0.273. The fourth-order valence-corrected chi connectivity index (χ4v) is 7.56. The minimum atomic E-state index is -2.37. The molecule has 0 saturated carbocycles. The summed E-state index contributed by atoms with van der Waals surface area (Å²) in [6.07, 6.45) is 7.06. The van der Waals surface area contributed by atoms with Crippen LogP contribution in [-0.4, -0.2) is 15.4 Å². The van der Waals surface area contributed by atoms with Crippen molar-refractivity contribution in [3.8, 4) is 0 Å². The van der Waals surface area contributed by atoms with Crippen LogP contribution in [0.15, 0.2) is 84.5 Å². The van der Waals surface area contributed by atoms with Gasteiger partial charge >= 0.3 is 0 Å². The van der Waals surface area contributed by atoms with Crippen LogP contribution >= 0.6 is 0 Å². The largest absolute Gasteiger partial charge is 0.410 e. The zero-order valence-electron chi connectivity index (χ0n) is 15.0. The highest BCUT2D eigenvalue weighted by atomic mass is 28.4. The molecule has 0 radical (unpaired) electrons. The Morgan fingerprint density at radius 3 is 1.71 bits per heavy atom. The zero-order chi connectivity index (χ0) is 17.2. The molecule has 0 fully saturated rings. The molecule has 0 amide bonds. The fourth-order valence-electron chi connectivity index (χ4n) is 3.56. The van der Waals surface area contributed by atoms with Gasteiger partial charge in [-0.05, 0) is 21.4 Å². The SMILES string of the molecule is CO[Si](c1ccccc1)(c1ccccc1)C1C=CC(C(C)(C)C)=C1. The second-order valence-electron chi connectivity index (χ2n) is 7.43. The second-order valence-corrected chi connectivity index (χ2v) is 11.1. The van der Waals surface area contributed by atoms with Gasteiger partial charge in [0.25, 0.3) is 8.32 Å². The quantitative estimate of drug-likeness (QED) is 0.757. The first-order valence-electron chi connectivity index (χ1n) is 8.55. The molecule has 1 aliphatic rings. The molecule has 2 aromatic carbocycles. The van der Waals surface area contributed by atoms with E-state index >= 15 is 0 Å². The van der Waals surface area contributed by atoms with E-state index in [0.717, 1.165) is 0 Å². The van der Waals surface area contributed by atoms with Crippen LogP contribution in [0.5, 0.6) is 0 Å². The van der Waals surface area contributed by atoms with Gasteiger partial charge in [-0.25, -0.2) is 0 Å². The van der Waals surface area contributed by atoms with E-state index < -0.39 is 8.32 Å². The maximum Gasteiger partial charge on any atom is 0.265 e. The molecule has 1 aliphatic carbocycles. The summed E-state index contributed by atoms with van der Waals surface area (Å²) in [5.74, 6) is 0. The van der Waals surface area contributed by atoms with Gasteiger partial charge in [-0.3, -0.25) is 0 Å². The van der Waals surface area contributed by atoms with Crippen LogP contribution in [0.1, 0.15) is 20.8 Å². The number of hydrogen-bond acceptors (Lipinski definition) is 1. The summed E-state index contributed by atoms with van der Waals surface area (Å²) in [6, 6.07) is 21.5. The zero-order valence-corrected chi connectivity index (χ0v) is 16.0. The van der Waals surface area contributed by atoms with Crippen molar-refractivity contribution >= 4 is 18.7 Å². The Hall–Kier alpha value is -1.90. The first-order chi connectivity index (χ1) is 11.5. The lowest BCUT2D eigenvalue weighted by atomic mass is 9.87. The molecule has 3 rings (SSSR count). The molecular weight excluding hydrogens is 308 g/mol. The molecule has 0 bridgehead atoms. The summed E-state index contributed by atoms with van der Waals surface area (Å²) in [6.45, 7) is 6.81. The minimum absolute atomic E-state index is 0.159. The lowest BCUT2D eigenvalue weighted by Gasteiger charge is -2.35. The van der Waals surface area contributed by atoms with Crippen molar-refractivity contribution in [2.24, 2.45) is 5.41 Å². The number of benzene rings is 2. The Bertz CT molecular complexity index is 699. The second kappa shape index (κ2) is 6.54. The topological polar surface area (TPSA) is 9.23 Å². The molecule has 0 aliphatic heterocycles. The van der Waals surface area contributed by atoms with Crippen LogP contribution < -0.4 is 10.4 Å². The van der Waals surface area contributed by atoms with Gasteiger partial charge in [0, 0.05) is 12.7 Å². The molecule has 1 atom stereocenters. The lowest BCUT2D eigenvalue weighted by molar-refractivity contribution is 0.413. The molecule has 1 unspecified atom stereocenters. The third-order valence-electron chi connectivity index (χ3n) is 4.90. The van der Waals surface area contributed by atoms with E-state index in [-0.39, 0.29) is 5.41 Å². The normalized spacial score (nSPS) is 17.8. The monoisotopic (exact) mass is 334 g/mol. The molecule has 0 aromatic heterocycles. The molecule has 124 valence electrons. The van der Waals surface area contributed by atoms with E-state index in [1.54, 1.807) is 0 Å². The molecular formula is C22H26OSi. The van der Waals surface area contributed by atoms with Crippen molar-refractivity contribution in [2.75, 3.05) is 7.11 Å². The molecule has 0 saturated heterocycles. The van der Waals surface area contributed by atoms with Gasteiger partial charge in [-0.2, -0.15) is 0 Å². The molecule has 2 heteroatoms. The van der Waals surface area contributed by atoms with Crippen LogP contribution in [0.25, 0.3) is 0 Å². The van der Waals surface area contributed by atoms with Crippen molar-refractivity contribution in [1.82, 2.24) is 0 Å². The van der Waals surface area contributed by atoms with Gasteiger partial charge in [-0.1, -0.05) is 99.7 Å². The van der Waals surface area contributed by atoms with Gasteiger partial charge in [0.2, 0.25) is 0 Å². The van der Waals surface area contributed by atoms with Crippen LogP contribution in [0.3, 0.4) is 0 Å². The van der Waals surface area contributed by atoms with Crippen LogP contribution in [-0.2, 0) is 4.43 Å². The standard InChI is InChI=1S/C22H26OSi/c1-22(2,3)18-15-16-21(17-18)24(23-4,19-11-7-5-8-12-19)20-13-9-6-10-14-20/h5-17,21H,1-4H3. The molecule has 24 heavy (non-hydrogen) atoms. The van der Waals surface area contributed by atoms with Crippen LogP contribution in [0, 0.1) is 5.41 Å². The number of allylic oxidation sites excluding steroid dienone is 4. The van der Waals surface area contributed by atoms with E-state index in [4.69, 9.17) is 4.43 Å². The first-order valence-corrected chi connectivity index (χ1v) is 10.5. The highest BCUT2D eigenvalue weighted by molar-refractivity contribution is 6.99. The van der Waals surface area contributed by atoms with Crippen LogP contribution in [0.4, 0.5) is 0 Å². The van der Waals surface area contributed by atoms with Gasteiger partial charge in [-0.15, -0.1) is 0 Å². The predicted octanol–water partition coefficient (Wildman–Crippen LogP) is 4.31. The number of hydrogen-bond donors (Lipinski definition) is 0. The Labute approximate surface area is 146 Å². The maximum absolute atomic E-state index is 6.40. The van der Waals surface area contributed by atoms with Gasteiger partial charge < -0.3 is 4.43 Å². The lowest BCUT2D eigenvalue weighted by Crippen LogP contribution is -2.62. The van der Waals surface area contributed by atoms with Gasteiger partial charge in [0.15, 0.2) is 0 Å². The molecule has 0 N–H and O–H groups in total. The molecule has 0 heterocycles. The molecule has 1 nitrogen and oxygen atoms in total. The smallest absolute Gasteiger partial charge is 0.265 e. The molecule has 0 spiro atoms. The van der Waals surface area contributed by atoms with Gasteiger partial charge in [0.05, 0.1) is 0 Å². The minimum Gasteiger partial charge on any atom is -0.410 e. The average molecular weight is 335 g/mol. The first kappa shape index (κ1) is 16.9. The Kier molecular flexibility index (Phi) is 4.61. The predicted molar refractivity (Wildman–Crippen MR) is 105 cm³/mol. The van der Waals surface area contributed by atoms with E-state index in [1.807, 2.05) is 7.11 Å². The van der Waals surface area contributed by atoms with Crippen molar-refractivity contribution in [1.29, 1.82) is 0 Å². The van der Waals surface area contributed by atoms with Crippen molar-refractivity contribution in [2.45, 2.75) is 26.3 Å². The Balaban J connectivity index is 2.18. The summed E-state index contributed by atoms with van der Waals surface area (Å²) in [7, 11) is -0.494. The third kappa shape index (κ3) is 2.92. The highest BCUT2D eigenvalue weighted by Gasteiger charge is 2.45. The summed E-state index contributed by atoms with van der Waals surface area (Å²) >= 11 is 0. The van der Waals surface area contributed by atoms with Crippen LogP contribution in [0.2, 0.25) is 5.54 Å².